The van der Waals surface area contributed by atoms with Crippen LogP contribution in [0.3, 0.4) is 0 Å². The van der Waals surface area contributed by atoms with Crippen LogP contribution in [0.25, 0.3) is 17.0 Å². The molecule has 1 N–H and O–H groups in total. The summed E-state index contributed by atoms with van der Waals surface area (Å²) < 4.78 is 1.68. The van der Waals surface area contributed by atoms with E-state index in [0.29, 0.717) is 17.0 Å². The Kier molecular flexibility index (Phi) is 4.20. The molecule has 7 heteroatoms. The lowest BCUT2D eigenvalue weighted by Crippen LogP contribution is -2.08. The highest BCUT2D eigenvalue weighted by Crippen LogP contribution is 2.19. The van der Waals surface area contributed by atoms with Crippen LogP contribution < -0.4 is 5.32 Å². The van der Waals surface area contributed by atoms with Gasteiger partial charge in [-0.3, -0.25) is 0 Å². The average Bonchev–Trinajstić information content (AvgIpc) is 2.90. The molecule has 0 atom stereocenters. The van der Waals surface area contributed by atoms with Crippen molar-refractivity contribution >= 4 is 23.2 Å². The molecule has 0 aliphatic heterocycles. The second kappa shape index (κ2) is 6.27. The van der Waals surface area contributed by atoms with E-state index < -0.39 is 0 Å². The minimum Gasteiger partial charge on any atom is -0.354 e. The van der Waals surface area contributed by atoms with Gasteiger partial charge in [0, 0.05) is 12.7 Å². The Bertz CT molecular complexity index is 783. The van der Waals surface area contributed by atoms with E-state index in [0.717, 1.165) is 30.0 Å². The number of nitrogens with one attached hydrogen (secondary N) is 1. The van der Waals surface area contributed by atoms with Crippen LogP contribution in [-0.2, 0) is 0 Å². The maximum Gasteiger partial charge on any atom is 0.223 e. The van der Waals surface area contributed by atoms with Gasteiger partial charge in [-0.25, -0.2) is 19.5 Å². The van der Waals surface area contributed by atoms with Crippen LogP contribution in [0, 0.1) is 5.92 Å². The molecule has 6 nitrogen and oxygen atoms in total. The second-order valence-electron chi connectivity index (χ2n) is 5.44. The molecule has 0 aliphatic rings. The van der Waals surface area contributed by atoms with Crippen molar-refractivity contribution in [3.63, 3.8) is 0 Å². The zero-order valence-corrected chi connectivity index (χ0v) is 13.2. The number of imidazole rings is 1. The molecule has 0 bridgehead atoms. The monoisotopic (exact) mass is 316 g/mol. The molecule has 3 aromatic heterocycles. The van der Waals surface area contributed by atoms with Gasteiger partial charge in [0.2, 0.25) is 5.95 Å². The Hall–Kier alpha value is -2.21. The summed E-state index contributed by atoms with van der Waals surface area (Å²) in [6.07, 6.45) is 4.53. The van der Waals surface area contributed by atoms with Crippen LogP contribution in [0.2, 0.25) is 5.15 Å². The van der Waals surface area contributed by atoms with E-state index in [1.54, 1.807) is 23.0 Å². The Morgan fingerprint density at radius 3 is 2.91 bits per heavy atom. The summed E-state index contributed by atoms with van der Waals surface area (Å²) in [5.74, 6) is 1.25. The van der Waals surface area contributed by atoms with Crippen LogP contribution in [0.1, 0.15) is 20.3 Å². The maximum absolute atomic E-state index is 5.96. The quantitative estimate of drug-likeness (QED) is 0.782. The highest BCUT2D eigenvalue weighted by molar-refractivity contribution is 6.29. The van der Waals surface area contributed by atoms with E-state index in [-0.39, 0.29) is 0 Å². The molecule has 0 aliphatic carbocycles. The van der Waals surface area contributed by atoms with E-state index in [2.05, 4.69) is 39.2 Å². The molecule has 22 heavy (non-hydrogen) atoms. The molecular formula is C15H17ClN6. The van der Waals surface area contributed by atoms with E-state index in [1.807, 2.05) is 12.1 Å². The molecule has 0 unspecified atom stereocenters. The number of anilines is 1. The van der Waals surface area contributed by atoms with Gasteiger partial charge in [-0.15, -0.1) is 0 Å². The highest BCUT2D eigenvalue weighted by atomic mass is 35.5. The van der Waals surface area contributed by atoms with Crippen molar-refractivity contribution in [1.82, 2.24) is 24.6 Å². The number of hydrogen-bond acceptors (Lipinski definition) is 5. The molecule has 3 aromatic rings. The lowest BCUT2D eigenvalue weighted by Gasteiger charge is -2.07. The first kappa shape index (κ1) is 14.7. The fourth-order valence-corrected chi connectivity index (χ4v) is 2.22. The normalized spacial score (nSPS) is 11.3. The van der Waals surface area contributed by atoms with Gasteiger partial charge < -0.3 is 5.32 Å². The Balaban J connectivity index is 1.89. The molecule has 3 heterocycles. The van der Waals surface area contributed by atoms with Gasteiger partial charge in [0.1, 0.15) is 10.8 Å². The first-order valence-corrected chi connectivity index (χ1v) is 7.59. The van der Waals surface area contributed by atoms with Gasteiger partial charge in [-0.05, 0) is 30.5 Å². The zero-order chi connectivity index (χ0) is 15.5. The third-order valence-corrected chi connectivity index (χ3v) is 3.45. The van der Waals surface area contributed by atoms with Crippen molar-refractivity contribution in [2.75, 3.05) is 11.9 Å². The van der Waals surface area contributed by atoms with Crippen LogP contribution in [-0.4, -0.2) is 31.1 Å². The lowest BCUT2D eigenvalue weighted by molar-refractivity contribution is 0.606. The van der Waals surface area contributed by atoms with E-state index >= 15 is 0 Å². The van der Waals surface area contributed by atoms with Crippen molar-refractivity contribution in [2.24, 2.45) is 5.92 Å². The predicted molar refractivity (Wildman–Crippen MR) is 87.0 cm³/mol. The molecule has 114 valence electrons. The topological polar surface area (TPSA) is 68.0 Å². The Morgan fingerprint density at radius 2 is 2.09 bits per heavy atom. The largest absolute Gasteiger partial charge is 0.354 e. The highest BCUT2D eigenvalue weighted by Gasteiger charge is 2.10. The molecule has 0 aromatic carbocycles. The summed E-state index contributed by atoms with van der Waals surface area (Å²) >= 11 is 5.96. The van der Waals surface area contributed by atoms with Crippen LogP contribution >= 0.6 is 11.6 Å². The summed E-state index contributed by atoms with van der Waals surface area (Å²) in [6, 6.07) is 5.37. The molecule has 0 saturated heterocycles. The van der Waals surface area contributed by atoms with Crippen LogP contribution in [0.15, 0.2) is 30.6 Å². The summed E-state index contributed by atoms with van der Waals surface area (Å²) in [4.78, 5) is 13.1. The van der Waals surface area contributed by atoms with Gasteiger partial charge in [0.25, 0.3) is 0 Å². The molecule has 0 radical (unpaired) electrons. The summed E-state index contributed by atoms with van der Waals surface area (Å²) in [7, 11) is 0. The number of aromatic nitrogens is 5. The van der Waals surface area contributed by atoms with E-state index in [4.69, 9.17) is 11.6 Å². The fraction of sp³-hybridized carbons (Fsp3) is 0.333. The molecular weight excluding hydrogens is 300 g/mol. The maximum atomic E-state index is 5.96. The molecule has 0 saturated carbocycles. The SMILES string of the molecule is CC(C)CCNc1nccc(-c2cnc3ccc(Cl)nn23)n1. The van der Waals surface area contributed by atoms with Crippen molar-refractivity contribution in [3.05, 3.63) is 35.7 Å². The molecule has 0 amide bonds. The third kappa shape index (κ3) is 3.17. The first-order valence-electron chi connectivity index (χ1n) is 7.21. The van der Waals surface area contributed by atoms with Crippen molar-refractivity contribution in [1.29, 1.82) is 0 Å². The smallest absolute Gasteiger partial charge is 0.223 e. The Labute approximate surface area is 133 Å². The van der Waals surface area contributed by atoms with Crippen molar-refractivity contribution in [2.45, 2.75) is 20.3 Å². The second-order valence-corrected chi connectivity index (χ2v) is 5.83. The standard InChI is InChI=1S/C15H17ClN6/c1-10(2)5-7-17-15-18-8-6-11(20-15)12-9-19-14-4-3-13(16)21-22(12)14/h3-4,6,8-10H,5,7H2,1-2H3,(H,17,18,20). The molecule has 0 spiro atoms. The minimum absolute atomic E-state index is 0.413. The van der Waals surface area contributed by atoms with Gasteiger partial charge in [0.15, 0.2) is 5.65 Å². The first-order chi connectivity index (χ1) is 10.6. The third-order valence-electron chi connectivity index (χ3n) is 3.25. The molecule has 3 rings (SSSR count). The van der Waals surface area contributed by atoms with Gasteiger partial charge in [-0.1, -0.05) is 25.4 Å². The van der Waals surface area contributed by atoms with Crippen LogP contribution in [0.4, 0.5) is 5.95 Å². The average molecular weight is 317 g/mol. The fourth-order valence-electron chi connectivity index (χ4n) is 2.08. The van der Waals surface area contributed by atoms with Crippen LogP contribution in [0.5, 0.6) is 0 Å². The van der Waals surface area contributed by atoms with E-state index in [1.165, 1.54) is 0 Å². The minimum atomic E-state index is 0.413. The number of nitrogens with zero attached hydrogens (tertiary/aromatic N) is 5. The number of halogens is 1. The lowest BCUT2D eigenvalue weighted by atomic mass is 10.1. The number of fused-ring (bicyclic) bond motifs is 1. The zero-order valence-electron chi connectivity index (χ0n) is 12.5. The van der Waals surface area contributed by atoms with Crippen molar-refractivity contribution in [3.8, 4) is 11.4 Å². The summed E-state index contributed by atoms with van der Waals surface area (Å²) in [6.45, 7) is 5.22. The van der Waals surface area contributed by atoms with Crippen molar-refractivity contribution < 1.29 is 0 Å². The summed E-state index contributed by atoms with van der Waals surface area (Å²) in [5, 5.41) is 7.92. The van der Waals surface area contributed by atoms with E-state index in [9.17, 15) is 0 Å². The van der Waals surface area contributed by atoms with Gasteiger partial charge in [-0.2, -0.15) is 5.10 Å². The number of rotatable bonds is 5. The van der Waals surface area contributed by atoms with Gasteiger partial charge in [0.05, 0.1) is 11.9 Å². The number of hydrogen-bond donors (Lipinski definition) is 1. The van der Waals surface area contributed by atoms with Gasteiger partial charge >= 0.3 is 0 Å². The summed E-state index contributed by atoms with van der Waals surface area (Å²) in [5.41, 5.74) is 2.27. The molecule has 0 fully saturated rings. The predicted octanol–water partition coefficient (Wildman–Crippen LogP) is 3.30. The Morgan fingerprint density at radius 1 is 1.23 bits per heavy atom.